The summed E-state index contributed by atoms with van der Waals surface area (Å²) in [4.78, 5) is 39.3. The van der Waals surface area contributed by atoms with Gasteiger partial charge in [0.15, 0.2) is 0 Å². The second-order valence-electron chi connectivity index (χ2n) is 5.75. The van der Waals surface area contributed by atoms with Crippen LogP contribution in [0.15, 0.2) is 11.4 Å². The quantitative estimate of drug-likeness (QED) is 0.821. The van der Waals surface area contributed by atoms with Crippen LogP contribution < -0.4 is 0 Å². The van der Waals surface area contributed by atoms with Gasteiger partial charge in [-0.05, 0) is 29.9 Å². The van der Waals surface area contributed by atoms with Gasteiger partial charge in [-0.2, -0.15) is 0 Å². The molecule has 126 valence electrons. The van der Waals surface area contributed by atoms with Crippen LogP contribution in [-0.2, 0) is 27.3 Å². The Kier molecular flexibility index (Phi) is 6.15. The zero-order chi connectivity index (χ0) is 16.8. The monoisotopic (exact) mass is 338 g/mol. The van der Waals surface area contributed by atoms with Crippen molar-refractivity contribution >= 4 is 29.1 Å². The van der Waals surface area contributed by atoms with E-state index in [1.165, 1.54) is 15.3 Å². The summed E-state index contributed by atoms with van der Waals surface area (Å²) in [6.07, 6.45) is 1.75. The van der Waals surface area contributed by atoms with Crippen molar-refractivity contribution in [2.75, 3.05) is 20.1 Å². The summed E-state index contributed by atoms with van der Waals surface area (Å²) >= 11 is 1.73. The van der Waals surface area contributed by atoms with E-state index in [9.17, 15) is 14.4 Å². The zero-order valence-electron chi connectivity index (χ0n) is 13.3. The first-order valence-corrected chi connectivity index (χ1v) is 8.64. The summed E-state index contributed by atoms with van der Waals surface area (Å²) in [7, 11) is 1.65. The number of amides is 2. The van der Waals surface area contributed by atoms with Gasteiger partial charge in [0.1, 0.15) is 0 Å². The summed E-state index contributed by atoms with van der Waals surface area (Å²) in [5.74, 6) is -0.968. The number of carboxylic acid groups (broad SMARTS) is 1. The molecule has 0 saturated heterocycles. The maximum Gasteiger partial charge on any atom is 0.303 e. The number of thiophene rings is 1. The number of aliphatic carboxylic acids is 1. The lowest BCUT2D eigenvalue weighted by atomic mass is 10.1. The Bertz CT molecular complexity index is 584. The number of fused-ring (bicyclic) bond motifs is 1. The molecule has 0 fully saturated rings. The molecule has 0 radical (unpaired) electrons. The Morgan fingerprint density at radius 3 is 2.83 bits per heavy atom. The van der Waals surface area contributed by atoms with Crippen molar-refractivity contribution < 1.29 is 19.5 Å². The van der Waals surface area contributed by atoms with Crippen molar-refractivity contribution in [1.29, 1.82) is 0 Å². The number of hydrogen-bond donors (Lipinski definition) is 1. The van der Waals surface area contributed by atoms with Crippen LogP contribution in [0, 0.1) is 0 Å². The Labute approximate surface area is 139 Å². The summed E-state index contributed by atoms with van der Waals surface area (Å²) in [5.41, 5.74) is 1.21. The van der Waals surface area contributed by atoms with Crippen molar-refractivity contribution in [3.63, 3.8) is 0 Å². The SMILES string of the molecule is CN(CCCC(=O)O)C(=O)CCC(=O)N1CCc2sccc2C1. The predicted octanol–water partition coefficient (Wildman–Crippen LogP) is 1.74. The predicted molar refractivity (Wildman–Crippen MR) is 87.2 cm³/mol. The topological polar surface area (TPSA) is 77.9 Å². The van der Waals surface area contributed by atoms with E-state index >= 15 is 0 Å². The fourth-order valence-corrected chi connectivity index (χ4v) is 3.51. The van der Waals surface area contributed by atoms with Gasteiger partial charge >= 0.3 is 5.97 Å². The van der Waals surface area contributed by atoms with Gasteiger partial charge in [0, 0.05) is 50.8 Å². The van der Waals surface area contributed by atoms with E-state index in [1.807, 2.05) is 10.3 Å². The average Bonchev–Trinajstić information content (AvgIpc) is 2.99. The molecule has 2 amide bonds. The number of rotatable bonds is 7. The van der Waals surface area contributed by atoms with Gasteiger partial charge in [0.05, 0.1) is 0 Å². The minimum Gasteiger partial charge on any atom is -0.481 e. The van der Waals surface area contributed by atoms with Crippen LogP contribution >= 0.6 is 11.3 Å². The molecule has 0 saturated carbocycles. The lowest BCUT2D eigenvalue weighted by Gasteiger charge is -2.27. The molecule has 0 spiro atoms. The van der Waals surface area contributed by atoms with E-state index in [4.69, 9.17) is 5.11 Å². The lowest BCUT2D eigenvalue weighted by Crippen LogP contribution is -2.36. The van der Waals surface area contributed by atoms with Gasteiger partial charge in [0.25, 0.3) is 0 Å². The Morgan fingerprint density at radius 2 is 2.09 bits per heavy atom. The standard InChI is InChI=1S/C16H22N2O4S/c1-17(8-2-3-16(21)22)14(19)4-5-15(20)18-9-6-13-12(11-18)7-10-23-13/h7,10H,2-6,8-9,11H2,1H3,(H,21,22). The highest BCUT2D eigenvalue weighted by atomic mass is 32.1. The summed E-state index contributed by atoms with van der Waals surface area (Å²) in [6, 6.07) is 2.06. The van der Waals surface area contributed by atoms with E-state index in [1.54, 1.807) is 18.4 Å². The first-order valence-electron chi connectivity index (χ1n) is 7.76. The van der Waals surface area contributed by atoms with E-state index in [0.717, 1.165) is 13.0 Å². The molecule has 0 bridgehead atoms. The molecule has 0 unspecified atom stereocenters. The van der Waals surface area contributed by atoms with Crippen LogP contribution in [0.1, 0.15) is 36.1 Å². The van der Waals surface area contributed by atoms with Crippen LogP contribution in [0.2, 0.25) is 0 Å². The fourth-order valence-electron chi connectivity index (χ4n) is 2.62. The lowest BCUT2D eigenvalue weighted by molar-refractivity contribution is -0.138. The Hall–Kier alpha value is -1.89. The minimum absolute atomic E-state index is 0.00846. The third-order valence-electron chi connectivity index (χ3n) is 4.02. The molecule has 7 heteroatoms. The second-order valence-corrected chi connectivity index (χ2v) is 6.75. The van der Waals surface area contributed by atoms with E-state index in [0.29, 0.717) is 19.5 Å². The van der Waals surface area contributed by atoms with Crippen molar-refractivity contribution in [3.05, 3.63) is 21.9 Å². The molecule has 1 aliphatic rings. The molecule has 0 aliphatic carbocycles. The maximum atomic E-state index is 12.2. The van der Waals surface area contributed by atoms with Gasteiger partial charge < -0.3 is 14.9 Å². The molecule has 1 N–H and O–H groups in total. The molecule has 1 aromatic rings. The molecule has 2 heterocycles. The van der Waals surface area contributed by atoms with Crippen molar-refractivity contribution in [1.82, 2.24) is 9.80 Å². The van der Waals surface area contributed by atoms with E-state index in [-0.39, 0.29) is 31.1 Å². The first kappa shape index (κ1) is 17.5. The highest BCUT2D eigenvalue weighted by Crippen LogP contribution is 2.24. The van der Waals surface area contributed by atoms with Crippen molar-refractivity contribution in [2.45, 2.75) is 38.6 Å². The number of nitrogens with zero attached hydrogens (tertiary/aromatic N) is 2. The van der Waals surface area contributed by atoms with Gasteiger partial charge in [-0.3, -0.25) is 14.4 Å². The Balaban J connectivity index is 1.72. The second kappa shape index (κ2) is 8.10. The highest BCUT2D eigenvalue weighted by molar-refractivity contribution is 7.10. The first-order chi connectivity index (χ1) is 11.0. The molecule has 0 atom stereocenters. The molecule has 0 aromatic carbocycles. The third-order valence-corrected chi connectivity index (χ3v) is 5.05. The summed E-state index contributed by atoms with van der Waals surface area (Å²) in [5, 5.41) is 10.6. The maximum absolute atomic E-state index is 12.2. The third kappa shape index (κ3) is 5.06. The highest BCUT2D eigenvalue weighted by Gasteiger charge is 2.22. The molecular formula is C16H22N2O4S. The zero-order valence-corrected chi connectivity index (χ0v) is 14.1. The van der Waals surface area contributed by atoms with Gasteiger partial charge in [-0.25, -0.2) is 0 Å². The minimum atomic E-state index is -0.862. The summed E-state index contributed by atoms with van der Waals surface area (Å²) in [6.45, 7) is 1.76. The summed E-state index contributed by atoms with van der Waals surface area (Å²) < 4.78 is 0. The number of carbonyl (C=O) groups is 3. The van der Waals surface area contributed by atoms with Gasteiger partial charge in [-0.1, -0.05) is 0 Å². The van der Waals surface area contributed by atoms with Crippen LogP contribution in [0.4, 0.5) is 0 Å². The van der Waals surface area contributed by atoms with Crippen molar-refractivity contribution in [3.8, 4) is 0 Å². The number of hydrogen-bond acceptors (Lipinski definition) is 4. The van der Waals surface area contributed by atoms with Gasteiger partial charge in [-0.15, -0.1) is 11.3 Å². The van der Waals surface area contributed by atoms with Crippen LogP contribution in [-0.4, -0.2) is 52.8 Å². The molecular weight excluding hydrogens is 316 g/mol. The smallest absolute Gasteiger partial charge is 0.303 e. The molecule has 1 aliphatic heterocycles. The van der Waals surface area contributed by atoms with E-state index in [2.05, 4.69) is 6.07 Å². The average molecular weight is 338 g/mol. The molecule has 23 heavy (non-hydrogen) atoms. The number of carboxylic acids is 1. The molecule has 1 aromatic heterocycles. The molecule has 6 nitrogen and oxygen atoms in total. The number of carbonyl (C=O) groups excluding carboxylic acids is 2. The largest absolute Gasteiger partial charge is 0.481 e. The van der Waals surface area contributed by atoms with Gasteiger partial charge in [0.2, 0.25) is 11.8 Å². The van der Waals surface area contributed by atoms with Crippen LogP contribution in [0.3, 0.4) is 0 Å². The van der Waals surface area contributed by atoms with Crippen molar-refractivity contribution in [2.24, 2.45) is 0 Å². The Morgan fingerprint density at radius 1 is 1.30 bits per heavy atom. The normalized spacial score (nSPS) is 13.5. The van der Waals surface area contributed by atoms with Crippen LogP contribution in [0.5, 0.6) is 0 Å². The molecule has 2 rings (SSSR count). The van der Waals surface area contributed by atoms with E-state index < -0.39 is 5.97 Å². The fraction of sp³-hybridized carbons (Fsp3) is 0.562. The van der Waals surface area contributed by atoms with Crippen LogP contribution in [0.25, 0.3) is 0 Å².